The second-order valence-corrected chi connectivity index (χ2v) is 3.70. The summed E-state index contributed by atoms with van der Waals surface area (Å²) >= 11 is 0. The fourth-order valence-electron chi connectivity index (χ4n) is 1.55. The Bertz CT molecular complexity index is 580. The van der Waals surface area contributed by atoms with Crippen LogP contribution in [0.2, 0.25) is 0 Å². The highest BCUT2D eigenvalue weighted by Gasteiger charge is 2.21. The monoisotopic (exact) mass is 232 g/mol. The first-order valence-corrected chi connectivity index (χ1v) is 5.33. The van der Waals surface area contributed by atoms with Crippen LogP contribution in [0.1, 0.15) is 23.0 Å². The van der Waals surface area contributed by atoms with Gasteiger partial charge in [-0.15, -0.1) is 0 Å². The summed E-state index contributed by atoms with van der Waals surface area (Å²) in [4.78, 5) is 22.9. The van der Waals surface area contributed by atoms with Gasteiger partial charge in [0.25, 0.3) is 0 Å². The lowest BCUT2D eigenvalue weighted by Crippen LogP contribution is -2.16. The van der Waals surface area contributed by atoms with Crippen LogP contribution in [-0.2, 0) is 9.53 Å². The molecular formula is C13H12O4. The van der Waals surface area contributed by atoms with E-state index in [0.29, 0.717) is 5.58 Å². The minimum absolute atomic E-state index is 0.0176. The smallest absolute Gasteiger partial charge is 0.383 e. The van der Waals surface area contributed by atoms with Crippen molar-refractivity contribution in [2.45, 2.75) is 13.8 Å². The SMILES string of the molecule is CCOC(=O)C(=O)c1cc2ccc(C)cc2o1. The molecule has 0 unspecified atom stereocenters. The number of furan rings is 1. The van der Waals surface area contributed by atoms with E-state index in [1.807, 2.05) is 25.1 Å². The number of ether oxygens (including phenoxy) is 1. The van der Waals surface area contributed by atoms with Crippen molar-refractivity contribution in [3.63, 3.8) is 0 Å². The second-order valence-electron chi connectivity index (χ2n) is 3.70. The lowest BCUT2D eigenvalue weighted by atomic mass is 10.2. The molecular weight excluding hydrogens is 220 g/mol. The Morgan fingerprint density at radius 2 is 2.06 bits per heavy atom. The number of rotatable bonds is 3. The average Bonchev–Trinajstić information content (AvgIpc) is 2.71. The van der Waals surface area contributed by atoms with E-state index in [4.69, 9.17) is 4.42 Å². The van der Waals surface area contributed by atoms with E-state index in [9.17, 15) is 9.59 Å². The molecule has 0 fully saturated rings. The fraction of sp³-hybridized carbons (Fsp3) is 0.231. The molecule has 2 rings (SSSR count). The first kappa shape index (κ1) is 11.4. The van der Waals surface area contributed by atoms with Crippen LogP contribution in [0.15, 0.2) is 28.7 Å². The Morgan fingerprint density at radius 3 is 2.76 bits per heavy atom. The Kier molecular flexibility index (Phi) is 2.95. The lowest BCUT2D eigenvalue weighted by Gasteiger charge is -1.96. The minimum atomic E-state index is -0.886. The van der Waals surface area contributed by atoms with Crippen LogP contribution in [0.4, 0.5) is 0 Å². The average molecular weight is 232 g/mol. The van der Waals surface area contributed by atoms with Crippen LogP contribution >= 0.6 is 0 Å². The number of esters is 1. The first-order valence-electron chi connectivity index (χ1n) is 5.33. The zero-order chi connectivity index (χ0) is 12.4. The molecule has 0 spiro atoms. The van der Waals surface area contributed by atoms with Gasteiger partial charge in [0, 0.05) is 5.39 Å². The highest BCUT2D eigenvalue weighted by molar-refractivity contribution is 6.40. The molecule has 0 atom stereocenters. The van der Waals surface area contributed by atoms with Crippen molar-refractivity contribution in [1.29, 1.82) is 0 Å². The van der Waals surface area contributed by atoms with E-state index in [-0.39, 0.29) is 12.4 Å². The summed E-state index contributed by atoms with van der Waals surface area (Å²) in [5.74, 6) is -1.62. The Balaban J connectivity index is 2.36. The molecule has 0 saturated heterocycles. The van der Waals surface area contributed by atoms with Crippen molar-refractivity contribution in [1.82, 2.24) is 0 Å². The van der Waals surface area contributed by atoms with Gasteiger partial charge >= 0.3 is 11.8 Å². The molecule has 0 bridgehead atoms. The van der Waals surface area contributed by atoms with Gasteiger partial charge in [-0.05, 0) is 31.5 Å². The molecule has 1 aromatic carbocycles. The molecule has 0 amide bonds. The minimum Gasteiger partial charge on any atom is -0.460 e. The van der Waals surface area contributed by atoms with Gasteiger partial charge in [-0.3, -0.25) is 4.79 Å². The Labute approximate surface area is 98.2 Å². The normalized spacial score (nSPS) is 10.5. The van der Waals surface area contributed by atoms with Crippen molar-refractivity contribution in [3.8, 4) is 0 Å². The molecule has 4 heteroatoms. The summed E-state index contributed by atoms with van der Waals surface area (Å²) in [6.45, 7) is 3.74. The number of hydrogen-bond donors (Lipinski definition) is 0. The maximum Gasteiger partial charge on any atom is 0.383 e. The van der Waals surface area contributed by atoms with Crippen LogP contribution in [0, 0.1) is 6.92 Å². The second kappa shape index (κ2) is 4.41. The van der Waals surface area contributed by atoms with Gasteiger partial charge < -0.3 is 9.15 Å². The Morgan fingerprint density at radius 1 is 1.29 bits per heavy atom. The van der Waals surface area contributed by atoms with E-state index in [0.717, 1.165) is 10.9 Å². The topological polar surface area (TPSA) is 56.5 Å². The third-order valence-corrected chi connectivity index (χ3v) is 2.36. The van der Waals surface area contributed by atoms with Gasteiger partial charge in [0.1, 0.15) is 5.58 Å². The number of hydrogen-bond acceptors (Lipinski definition) is 4. The molecule has 1 aromatic heterocycles. The molecule has 0 aliphatic rings. The molecule has 17 heavy (non-hydrogen) atoms. The van der Waals surface area contributed by atoms with Crippen molar-refractivity contribution in [2.24, 2.45) is 0 Å². The van der Waals surface area contributed by atoms with Crippen LogP contribution in [-0.4, -0.2) is 18.4 Å². The van der Waals surface area contributed by atoms with Gasteiger partial charge in [0.15, 0.2) is 5.76 Å². The highest BCUT2D eigenvalue weighted by atomic mass is 16.5. The van der Waals surface area contributed by atoms with Crippen LogP contribution < -0.4 is 0 Å². The van der Waals surface area contributed by atoms with E-state index < -0.39 is 11.8 Å². The predicted octanol–water partition coefficient (Wildman–Crippen LogP) is 2.49. The van der Waals surface area contributed by atoms with Gasteiger partial charge in [0.05, 0.1) is 6.61 Å². The van der Waals surface area contributed by atoms with Crippen LogP contribution in [0.3, 0.4) is 0 Å². The van der Waals surface area contributed by atoms with Crippen molar-refractivity contribution >= 4 is 22.7 Å². The molecule has 1 heterocycles. The largest absolute Gasteiger partial charge is 0.460 e. The highest BCUT2D eigenvalue weighted by Crippen LogP contribution is 2.21. The van der Waals surface area contributed by atoms with Gasteiger partial charge in [-0.25, -0.2) is 4.79 Å². The van der Waals surface area contributed by atoms with E-state index >= 15 is 0 Å². The van der Waals surface area contributed by atoms with Crippen molar-refractivity contribution in [3.05, 3.63) is 35.6 Å². The standard InChI is InChI=1S/C13H12O4/c1-3-16-13(15)12(14)11-7-9-5-4-8(2)6-10(9)17-11/h4-7H,3H2,1-2H3. The molecule has 0 saturated carbocycles. The fourth-order valence-corrected chi connectivity index (χ4v) is 1.55. The molecule has 2 aromatic rings. The Hall–Kier alpha value is -2.10. The zero-order valence-electron chi connectivity index (χ0n) is 9.65. The number of fused-ring (bicyclic) bond motifs is 1. The summed E-state index contributed by atoms with van der Waals surface area (Å²) in [6, 6.07) is 7.12. The number of ketones is 1. The van der Waals surface area contributed by atoms with Gasteiger partial charge in [0.2, 0.25) is 0 Å². The third-order valence-electron chi connectivity index (χ3n) is 2.36. The number of carbonyl (C=O) groups excluding carboxylic acids is 2. The first-order chi connectivity index (χ1) is 8.11. The number of benzene rings is 1. The quantitative estimate of drug-likeness (QED) is 0.463. The molecule has 0 aliphatic heterocycles. The van der Waals surface area contributed by atoms with Crippen LogP contribution in [0.25, 0.3) is 11.0 Å². The maximum atomic E-state index is 11.6. The lowest BCUT2D eigenvalue weighted by molar-refractivity contribution is -0.137. The van der Waals surface area contributed by atoms with Gasteiger partial charge in [-0.1, -0.05) is 12.1 Å². The van der Waals surface area contributed by atoms with Crippen LogP contribution in [0.5, 0.6) is 0 Å². The van der Waals surface area contributed by atoms with Gasteiger partial charge in [-0.2, -0.15) is 0 Å². The molecule has 4 nitrogen and oxygen atoms in total. The summed E-state index contributed by atoms with van der Waals surface area (Å²) < 4.78 is 9.96. The van der Waals surface area contributed by atoms with E-state index in [1.54, 1.807) is 13.0 Å². The number of carbonyl (C=O) groups is 2. The molecule has 0 N–H and O–H groups in total. The molecule has 88 valence electrons. The third kappa shape index (κ3) is 2.20. The van der Waals surface area contributed by atoms with E-state index in [2.05, 4.69) is 4.74 Å². The predicted molar refractivity (Wildman–Crippen MR) is 61.9 cm³/mol. The summed E-state index contributed by atoms with van der Waals surface area (Å²) in [5.41, 5.74) is 1.62. The summed E-state index contributed by atoms with van der Waals surface area (Å²) in [7, 11) is 0. The molecule has 0 radical (unpaired) electrons. The molecule has 0 aliphatic carbocycles. The van der Waals surface area contributed by atoms with Crippen molar-refractivity contribution in [2.75, 3.05) is 6.61 Å². The van der Waals surface area contributed by atoms with Crippen molar-refractivity contribution < 1.29 is 18.7 Å². The summed E-state index contributed by atoms with van der Waals surface area (Å²) in [5, 5.41) is 0.795. The number of aryl methyl sites for hydroxylation is 1. The summed E-state index contributed by atoms with van der Waals surface area (Å²) in [6.07, 6.45) is 0. The maximum absolute atomic E-state index is 11.6. The van der Waals surface area contributed by atoms with E-state index in [1.165, 1.54) is 0 Å². The zero-order valence-corrected chi connectivity index (χ0v) is 9.65. The number of Topliss-reactive ketones (excluding diaryl/α,β-unsaturated/α-hetero) is 1.